The lowest BCUT2D eigenvalue weighted by Gasteiger charge is -2.07. The molecule has 0 bridgehead atoms. The van der Waals surface area contributed by atoms with E-state index in [1.807, 2.05) is 28.8 Å². The van der Waals surface area contributed by atoms with Gasteiger partial charge in [-0.2, -0.15) is 0 Å². The molecule has 6 nitrogen and oxygen atoms in total. The van der Waals surface area contributed by atoms with Crippen molar-refractivity contribution >= 4 is 11.8 Å². The predicted octanol–water partition coefficient (Wildman–Crippen LogP) is 3.22. The number of methoxy groups -OCH3 is 1. The van der Waals surface area contributed by atoms with E-state index in [9.17, 15) is 0 Å². The van der Waals surface area contributed by atoms with Crippen LogP contribution in [0.25, 0.3) is 11.5 Å². The van der Waals surface area contributed by atoms with Gasteiger partial charge in [-0.1, -0.05) is 30.0 Å². The van der Waals surface area contributed by atoms with Gasteiger partial charge in [-0.15, -0.1) is 16.8 Å². The van der Waals surface area contributed by atoms with Crippen molar-refractivity contribution in [3.05, 3.63) is 61.1 Å². The number of thioether (sulfide) groups is 1. The fourth-order valence-electron chi connectivity index (χ4n) is 2.20. The maximum atomic E-state index is 5.26. The average Bonchev–Trinajstić information content (AvgIpc) is 3.04. The van der Waals surface area contributed by atoms with Crippen molar-refractivity contribution in [2.75, 3.05) is 7.11 Å². The second-order valence-electron chi connectivity index (χ2n) is 4.94. The highest BCUT2D eigenvalue weighted by molar-refractivity contribution is 7.98. The summed E-state index contributed by atoms with van der Waals surface area (Å²) < 4.78 is 7.25. The van der Waals surface area contributed by atoms with Crippen molar-refractivity contribution in [3.63, 3.8) is 0 Å². The Morgan fingerprint density at radius 2 is 2.21 bits per heavy atom. The number of hydrogen-bond donors (Lipinski definition) is 0. The van der Waals surface area contributed by atoms with Crippen LogP contribution in [-0.4, -0.2) is 31.8 Å². The standard InChI is InChI=1S/C17H17N5OS/c1-3-9-22-16(15-11-18-7-8-19-15)20-21-17(22)24-12-13-5-4-6-14(10-13)23-2/h3-8,10-11H,1,9,12H2,2H3. The molecule has 0 saturated carbocycles. The molecule has 0 radical (unpaired) electrons. The van der Waals surface area contributed by atoms with Gasteiger partial charge in [-0.3, -0.25) is 9.55 Å². The van der Waals surface area contributed by atoms with E-state index in [-0.39, 0.29) is 0 Å². The Bertz CT molecular complexity index is 819. The quantitative estimate of drug-likeness (QED) is 0.486. The molecule has 0 aliphatic carbocycles. The topological polar surface area (TPSA) is 65.7 Å². The van der Waals surface area contributed by atoms with Crippen LogP contribution >= 0.6 is 11.8 Å². The Morgan fingerprint density at radius 1 is 1.29 bits per heavy atom. The van der Waals surface area contributed by atoms with E-state index < -0.39 is 0 Å². The van der Waals surface area contributed by atoms with Gasteiger partial charge in [0.25, 0.3) is 0 Å². The number of hydrogen-bond acceptors (Lipinski definition) is 6. The Kier molecular flexibility index (Phi) is 5.22. The minimum absolute atomic E-state index is 0.610. The summed E-state index contributed by atoms with van der Waals surface area (Å²) in [6.45, 7) is 4.42. The molecular weight excluding hydrogens is 322 g/mol. The molecule has 7 heteroatoms. The first-order valence-corrected chi connectivity index (χ1v) is 8.36. The summed E-state index contributed by atoms with van der Waals surface area (Å²) in [5.74, 6) is 2.31. The number of benzene rings is 1. The highest BCUT2D eigenvalue weighted by Crippen LogP contribution is 2.26. The SMILES string of the molecule is C=CCn1c(SCc2cccc(OC)c2)nnc1-c1cnccn1. The van der Waals surface area contributed by atoms with Crippen LogP contribution in [0.2, 0.25) is 0 Å². The van der Waals surface area contributed by atoms with Crippen molar-refractivity contribution in [2.24, 2.45) is 0 Å². The van der Waals surface area contributed by atoms with Crippen LogP contribution in [0, 0.1) is 0 Å². The third-order valence-corrected chi connectivity index (χ3v) is 4.36. The van der Waals surface area contributed by atoms with E-state index in [2.05, 4.69) is 32.8 Å². The lowest BCUT2D eigenvalue weighted by atomic mass is 10.2. The molecule has 122 valence electrons. The summed E-state index contributed by atoms with van der Waals surface area (Å²) in [5.41, 5.74) is 1.86. The number of ether oxygens (including phenoxy) is 1. The third kappa shape index (κ3) is 3.62. The fraction of sp³-hybridized carbons (Fsp3) is 0.176. The zero-order valence-corrected chi connectivity index (χ0v) is 14.1. The van der Waals surface area contributed by atoms with Crippen LogP contribution in [0.15, 0.2) is 60.7 Å². The van der Waals surface area contributed by atoms with E-state index in [1.165, 1.54) is 0 Å². The summed E-state index contributed by atoms with van der Waals surface area (Å²) >= 11 is 1.61. The van der Waals surface area contributed by atoms with Gasteiger partial charge >= 0.3 is 0 Å². The second-order valence-corrected chi connectivity index (χ2v) is 5.88. The first kappa shape index (κ1) is 16.2. The first-order chi connectivity index (χ1) is 11.8. The van der Waals surface area contributed by atoms with Crippen molar-refractivity contribution in [1.29, 1.82) is 0 Å². The highest BCUT2D eigenvalue weighted by Gasteiger charge is 2.14. The molecule has 0 unspecified atom stereocenters. The molecule has 0 N–H and O–H groups in total. The van der Waals surface area contributed by atoms with E-state index in [4.69, 9.17) is 4.74 Å². The summed E-state index contributed by atoms with van der Waals surface area (Å²) in [7, 11) is 1.67. The van der Waals surface area contributed by atoms with Crippen molar-refractivity contribution in [1.82, 2.24) is 24.7 Å². The van der Waals surface area contributed by atoms with Crippen molar-refractivity contribution < 1.29 is 4.74 Å². The Hall–Kier alpha value is -2.67. The summed E-state index contributed by atoms with van der Waals surface area (Å²) in [5, 5.41) is 9.38. The molecule has 0 aliphatic heterocycles. The number of allylic oxidation sites excluding steroid dienone is 1. The van der Waals surface area contributed by atoms with Crippen LogP contribution in [0.5, 0.6) is 5.75 Å². The molecule has 0 atom stereocenters. The summed E-state index contributed by atoms with van der Waals surface area (Å²) in [6, 6.07) is 7.99. The Balaban J connectivity index is 1.83. The summed E-state index contributed by atoms with van der Waals surface area (Å²) in [6.07, 6.45) is 6.78. The van der Waals surface area contributed by atoms with Crippen LogP contribution in [-0.2, 0) is 12.3 Å². The monoisotopic (exact) mass is 339 g/mol. The molecule has 24 heavy (non-hydrogen) atoms. The zero-order chi connectivity index (χ0) is 16.8. The minimum Gasteiger partial charge on any atom is -0.497 e. The largest absolute Gasteiger partial charge is 0.497 e. The van der Waals surface area contributed by atoms with Gasteiger partial charge in [0.15, 0.2) is 11.0 Å². The normalized spacial score (nSPS) is 10.5. The molecule has 2 heterocycles. The van der Waals surface area contributed by atoms with Crippen molar-refractivity contribution in [3.8, 4) is 17.3 Å². The van der Waals surface area contributed by atoms with Gasteiger partial charge in [0.1, 0.15) is 11.4 Å². The number of nitrogens with zero attached hydrogens (tertiary/aromatic N) is 5. The zero-order valence-electron chi connectivity index (χ0n) is 13.3. The molecular formula is C17H17N5OS. The van der Waals surface area contributed by atoms with Gasteiger partial charge < -0.3 is 4.74 Å². The van der Waals surface area contributed by atoms with Crippen LogP contribution in [0.4, 0.5) is 0 Å². The molecule has 0 spiro atoms. The number of aromatic nitrogens is 5. The minimum atomic E-state index is 0.610. The smallest absolute Gasteiger partial charge is 0.192 e. The van der Waals surface area contributed by atoms with Gasteiger partial charge in [0.2, 0.25) is 0 Å². The molecule has 3 aromatic rings. The van der Waals surface area contributed by atoms with Gasteiger partial charge in [-0.25, -0.2) is 4.98 Å². The second kappa shape index (κ2) is 7.74. The Labute approximate surface area is 144 Å². The van der Waals surface area contributed by atoms with Gasteiger partial charge in [-0.05, 0) is 17.7 Å². The Morgan fingerprint density at radius 3 is 2.96 bits per heavy atom. The van der Waals surface area contributed by atoms with Gasteiger partial charge in [0, 0.05) is 24.7 Å². The molecule has 2 aromatic heterocycles. The molecule has 0 saturated heterocycles. The van der Waals surface area contributed by atoms with E-state index in [0.717, 1.165) is 22.2 Å². The number of rotatable bonds is 7. The van der Waals surface area contributed by atoms with E-state index in [1.54, 1.807) is 37.5 Å². The third-order valence-electron chi connectivity index (χ3n) is 3.32. The van der Waals surface area contributed by atoms with E-state index in [0.29, 0.717) is 18.1 Å². The first-order valence-electron chi connectivity index (χ1n) is 7.38. The molecule has 0 amide bonds. The molecule has 1 aromatic carbocycles. The molecule has 0 fully saturated rings. The summed E-state index contributed by atoms with van der Waals surface area (Å²) in [4.78, 5) is 8.39. The molecule has 3 rings (SSSR count). The lowest BCUT2D eigenvalue weighted by molar-refractivity contribution is 0.414. The molecule has 0 aliphatic rings. The lowest BCUT2D eigenvalue weighted by Crippen LogP contribution is -2.02. The highest BCUT2D eigenvalue weighted by atomic mass is 32.2. The van der Waals surface area contributed by atoms with E-state index >= 15 is 0 Å². The maximum Gasteiger partial charge on any atom is 0.192 e. The van der Waals surface area contributed by atoms with Crippen LogP contribution in [0.1, 0.15) is 5.56 Å². The predicted molar refractivity (Wildman–Crippen MR) is 93.8 cm³/mol. The van der Waals surface area contributed by atoms with Crippen LogP contribution < -0.4 is 4.74 Å². The van der Waals surface area contributed by atoms with Gasteiger partial charge in [0.05, 0.1) is 13.3 Å². The van der Waals surface area contributed by atoms with Crippen LogP contribution in [0.3, 0.4) is 0 Å². The fourth-order valence-corrected chi connectivity index (χ4v) is 3.09. The maximum absolute atomic E-state index is 5.26. The van der Waals surface area contributed by atoms with Crippen molar-refractivity contribution in [2.45, 2.75) is 17.5 Å². The average molecular weight is 339 g/mol.